The summed E-state index contributed by atoms with van der Waals surface area (Å²) in [5, 5.41) is 5.96. The number of allylic oxidation sites excluding steroid dienone is 5. The number of carbonyl (C=O) groups excluding carboxylic acids is 2. The van der Waals surface area contributed by atoms with Crippen molar-refractivity contribution in [3.8, 4) is 0 Å². The molecule has 0 spiro atoms. The maximum Gasteiger partial charge on any atom is 0.250 e. The van der Waals surface area contributed by atoms with Crippen LogP contribution in [-0.2, 0) is 19.1 Å². The van der Waals surface area contributed by atoms with Crippen molar-refractivity contribution >= 4 is 11.8 Å². The van der Waals surface area contributed by atoms with Crippen LogP contribution in [0, 0.1) is 11.8 Å². The zero-order valence-electron chi connectivity index (χ0n) is 22.0. The minimum Gasteiger partial charge on any atom is -0.375 e. The number of ether oxygens (including phenoxy) is 2. The molecule has 2 N–H and O–H groups in total. The first-order valence-corrected chi connectivity index (χ1v) is 12.8. The van der Waals surface area contributed by atoms with Crippen molar-refractivity contribution in [2.45, 2.75) is 97.2 Å². The van der Waals surface area contributed by atoms with Crippen LogP contribution in [0.5, 0.6) is 0 Å². The molecule has 2 aliphatic carbocycles. The average molecular weight is 475 g/mol. The molecule has 2 unspecified atom stereocenters. The molecule has 1 saturated carbocycles. The van der Waals surface area contributed by atoms with Crippen LogP contribution in [0.3, 0.4) is 0 Å². The number of rotatable bonds is 13. The lowest BCUT2D eigenvalue weighted by atomic mass is 9.78. The summed E-state index contributed by atoms with van der Waals surface area (Å²) in [7, 11) is 0. The highest BCUT2D eigenvalue weighted by molar-refractivity contribution is 5.79. The van der Waals surface area contributed by atoms with Gasteiger partial charge in [0.05, 0.1) is 24.2 Å². The van der Waals surface area contributed by atoms with Gasteiger partial charge in [0.25, 0.3) is 0 Å². The lowest BCUT2D eigenvalue weighted by Gasteiger charge is -2.30. The molecule has 0 aromatic heterocycles. The van der Waals surface area contributed by atoms with E-state index < -0.39 is 11.2 Å². The SMILES string of the molecule is C=C1CC(C)CC(CCNC(=O)CC(C)(C)OCCC(C)(C)OCC(=O)NC2=CC=CCC2)C1. The van der Waals surface area contributed by atoms with Crippen LogP contribution in [0.4, 0.5) is 0 Å². The van der Waals surface area contributed by atoms with E-state index in [1.54, 1.807) is 0 Å². The second-order valence-electron chi connectivity index (χ2n) is 11.3. The van der Waals surface area contributed by atoms with Crippen molar-refractivity contribution in [2.24, 2.45) is 11.8 Å². The lowest BCUT2D eigenvalue weighted by Crippen LogP contribution is -2.37. The number of nitrogens with one attached hydrogen (secondary N) is 2. The van der Waals surface area contributed by atoms with E-state index >= 15 is 0 Å². The molecule has 2 rings (SSSR count). The molecule has 34 heavy (non-hydrogen) atoms. The predicted molar refractivity (Wildman–Crippen MR) is 137 cm³/mol. The van der Waals surface area contributed by atoms with Crippen LogP contribution < -0.4 is 10.6 Å². The predicted octanol–water partition coefficient (Wildman–Crippen LogP) is 5.21. The summed E-state index contributed by atoms with van der Waals surface area (Å²) >= 11 is 0. The first-order valence-electron chi connectivity index (χ1n) is 12.8. The highest BCUT2D eigenvalue weighted by Gasteiger charge is 2.26. The maximum absolute atomic E-state index is 12.4. The van der Waals surface area contributed by atoms with Gasteiger partial charge in [0.15, 0.2) is 0 Å². The van der Waals surface area contributed by atoms with Gasteiger partial charge in [-0.2, -0.15) is 0 Å². The fourth-order valence-corrected chi connectivity index (χ4v) is 4.68. The molecule has 2 atom stereocenters. The van der Waals surface area contributed by atoms with Gasteiger partial charge in [0.2, 0.25) is 11.8 Å². The molecular weight excluding hydrogens is 428 g/mol. The summed E-state index contributed by atoms with van der Waals surface area (Å²) in [5.41, 5.74) is 1.20. The van der Waals surface area contributed by atoms with E-state index in [0.29, 0.717) is 37.8 Å². The van der Waals surface area contributed by atoms with Crippen LogP contribution >= 0.6 is 0 Å². The third-order valence-corrected chi connectivity index (χ3v) is 6.52. The van der Waals surface area contributed by atoms with Crippen molar-refractivity contribution in [1.82, 2.24) is 10.6 Å². The molecule has 192 valence electrons. The molecule has 0 heterocycles. The molecule has 6 nitrogen and oxygen atoms in total. The first kappa shape index (κ1) is 28.3. The summed E-state index contributed by atoms with van der Waals surface area (Å²) in [6.45, 7) is 15.4. The van der Waals surface area contributed by atoms with E-state index in [0.717, 1.165) is 37.8 Å². The smallest absolute Gasteiger partial charge is 0.250 e. The Hall–Kier alpha value is -1.92. The largest absolute Gasteiger partial charge is 0.375 e. The van der Waals surface area contributed by atoms with Crippen molar-refractivity contribution in [2.75, 3.05) is 19.8 Å². The number of amides is 2. The van der Waals surface area contributed by atoms with Crippen LogP contribution in [0.25, 0.3) is 0 Å². The fourth-order valence-electron chi connectivity index (χ4n) is 4.68. The molecule has 1 fully saturated rings. The topological polar surface area (TPSA) is 76.7 Å². The van der Waals surface area contributed by atoms with E-state index in [1.165, 1.54) is 12.0 Å². The summed E-state index contributed by atoms with van der Waals surface area (Å²) in [5.74, 6) is 1.20. The second kappa shape index (κ2) is 13.2. The van der Waals surface area contributed by atoms with Gasteiger partial charge in [-0.05, 0) is 90.6 Å². The van der Waals surface area contributed by atoms with Crippen LogP contribution in [0.2, 0.25) is 0 Å². The Morgan fingerprint density at radius 2 is 1.88 bits per heavy atom. The van der Waals surface area contributed by atoms with Crippen molar-refractivity contribution in [3.05, 3.63) is 36.1 Å². The summed E-state index contributed by atoms with van der Waals surface area (Å²) in [6, 6.07) is 0. The van der Waals surface area contributed by atoms with E-state index in [9.17, 15) is 9.59 Å². The van der Waals surface area contributed by atoms with E-state index in [-0.39, 0.29) is 18.4 Å². The van der Waals surface area contributed by atoms with Crippen molar-refractivity contribution < 1.29 is 19.1 Å². The normalized spacial score (nSPS) is 21.2. The summed E-state index contributed by atoms with van der Waals surface area (Å²) < 4.78 is 11.9. The quantitative estimate of drug-likeness (QED) is 0.360. The van der Waals surface area contributed by atoms with Gasteiger partial charge in [0.1, 0.15) is 6.61 Å². The van der Waals surface area contributed by atoms with E-state index in [1.807, 2.05) is 39.8 Å². The Kier molecular flexibility index (Phi) is 11.0. The minimum absolute atomic E-state index is 0.00692. The Morgan fingerprint density at radius 1 is 1.12 bits per heavy atom. The van der Waals surface area contributed by atoms with E-state index in [4.69, 9.17) is 9.47 Å². The molecule has 0 aromatic rings. The second-order valence-corrected chi connectivity index (χ2v) is 11.3. The summed E-state index contributed by atoms with van der Waals surface area (Å²) in [6.07, 6.45) is 13.1. The van der Waals surface area contributed by atoms with Crippen LogP contribution in [0.1, 0.15) is 86.0 Å². The highest BCUT2D eigenvalue weighted by atomic mass is 16.5. The number of carbonyl (C=O) groups is 2. The van der Waals surface area contributed by atoms with Crippen LogP contribution in [-0.4, -0.2) is 42.8 Å². The number of hydrogen-bond donors (Lipinski definition) is 2. The van der Waals surface area contributed by atoms with Gasteiger partial charge < -0.3 is 20.1 Å². The van der Waals surface area contributed by atoms with Gasteiger partial charge in [-0.15, -0.1) is 0 Å². The van der Waals surface area contributed by atoms with Gasteiger partial charge >= 0.3 is 0 Å². The molecule has 0 radical (unpaired) electrons. The molecule has 6 heteroatoms. The standard InChI is InChI=1S/C28H46N2O4/c1-21-16-22(2)18-23(17-21)12-14-29-25(31)19-28(5,6)33-15-13-27(3,4)34-20-26(32)30-24-10-8-7-9-11-24/h7-8,10,22-23H,1,9,11-20H2,2-6H3,(H,29,31)(H,30,32). The van der Waals surface area contributed by atoms with Gasteiger partial charge in [-0.3, -0.25) is 9.59 Å². The third-order valence-electron chi connectivity index (χ3n) is 6.52. The fraction of sp³-hybridized carbons (Fsp3) is 0.714. The zero-order chi connectivity index (χ0) is 25.2. The van der Waals surface area contributed by atoms with Crippen molar-refractivity contribution in [1.29, 1.82) is 0 Å². The summed E-state index contributed by atoms with van der Waals surface area (Å²) in [4.78, 5) is 24.6. The molecule has 2 amide bonds. The third kappa shape index (κ3) is 11.5. The monoisotopic (exact) mass is 474 g/mol. The Morgan fingerprint density at radius 3 is 2.56 bits per heavy atom. The first-order chi connectivity index (χ1) is 15.9. The molecule has 0 saturated heterocycles. The number of hydrogen-bond acceptors (Lipinski definition) is 4. The molecule has 0 aliphatic heterocycles. The minimum atomic E-state index is -0.563. The lowest BCUT2D eigenvalue weighted by molar-refractivity contribution is -0.135. The molecule has 0 bridgehead atoms. The van der Waals surface area contributed by atoms with Gasteiger partial charge in [0, 0.05) is 12.2 Å². The molecule has 2 aliphatic rings. The Bertz CT molecular complexity index is 766. The van der Waals surface area contributed by atoms with Crippen LogP contribution in [0.15, 0.2) is 36.1 Å². The Balaban J connectivity index is 1.61. The zero-order valence-corrected chi connectivity index (χ0v) is 22.0. The van der Waals surface area contributed by atoms with Gasteiger partial charge in [-0.25, -0.2) is 0 Å². The maximum atomic E-state index is 12.4. The Labute approximate surface area is 206 Å². The highest BCUT2D eigenvalue weighted by Crippen LogP contribution is 2.33. The van der Waals surface area contributed by atoms with E-state index in [2.05, 4.69) is 30.2 Å². The van der Waals surface area contributed by atoms with Gasteiger partial charge in [-0.1, -0.05) is 31.2 Å². The average Bonchev–Trinajstić information content (AvgIpc) is 2.72. The molecule has 0 aromatic carbocycles. The molecular formula is C28H46N2O4. The van der Waals surface area contributed by atoms with Crippen molar-refractivity contribution in [3.63, 3.8) is 0 Å².